The molecule has 0 saturated heterocycles. The lowest BCUT2D eigenvalue weighted by molar-refractivity contribution is 0.425. The predicted octanol–water partition coefficient (Wildman–Crippen LogP) is 2.35. The van der Waals surface area contributed by atoms with Gasteiger partial charge in [-0.15, -0.1) is 0 Å². The third-order valence-electron chi connectivity index (χ3n) is 6.12. The van der Waals surface area contributed by atoms with Gasteiger partial charge in [-0.1, -0.05) is 24.3 Å². The molecule has 1 unspecified atom stereocenters. The van der Waals surface area contributed by atoms with Gasteiger partial charge in [-0.25, -0.2) is 4.39 Å². The Kier molecular flexibility index (Phi) is 5.44. The zero-order valence-corrected chi connectivity index (χ0v) is 17.8. The highest BCUT2D eigenvalue weighted by Gasteiger charge is 2.34. The first-order valence-corrected chi connectivity index (χ1v) is 10.9. The minimum absolute atomic E-state index is 0.0580. The Morgan fingerprint density at radius 1 is 1.19 bits per heavy atom. The molecule has 0 fully saturated rings. The Morgan fingerprint density at radius 3 is 2.84 bits per heavy atom. The molecule has 5 rings (SSSR count). The second-order valence-electron chi connectivity index (χ2n) is 8.35. The number of aromatic nitrogens is 2. The maximum absolute atomic E-state index is 13.6. The largest absolute Gasteiger partial charge is 0.488 e. The van der Waals surface area contributed by atoms with E-state index in [1.54, 1.807) is 12.1 Å². The number of hydrogen-bond acceptors (Lipinski definition) is 7. The van der Waals surface area contributed by atoms with Crippen molar-refractivity contribution in [2.45, 2.75) is 38.8 Å². The minimum Gasteiger partial charge on any atom is -0.423 e. The van der Waals surface area contributed by atoms with Crippen LogP contribution in [0.4, 0.5) is 27.7 Å². The molecule has 0 radical (unpaired) electrons. The molecule has 3 aromatic rings. The van der Waals surface area contributed by atoms with Gasteiger partial charge >= 0.3 is 7.12 Å². The third kappa shape index (κ3) is 3.78. The molecule has 7 nitrogen and oxygen atoms in total. The highest BCUT2D eigenvalue weighted by Crippen LogP contribution is 2.38. The summed E-state index contributed by atoms with van der Waals surface area (Å²) in [5, 5.41) is 26.3. The second kappa shape index (κ2) is 8.40. The molecule has 3 heterocycles. The average Bonchev–Trinajstić information content (AvgIpc) is 3.13. The van der Waals surface area contributed by atoms with Crippen LogP contribution in [0, 0.1) is 5.82 Å². The number of anilines is 4. The number of halogens is 1. The summed E-state index contributed by atoms with van der Waals surface area (Å²) in [5.74, 6) is 1.83. The van der Waals surface area contributed by atoms with Gasteiger partial charge in [-0.3, -0.25) is 0 Å². The van der Waals surface area contributed by atoms with Gasteiger partial charge in [0, 0.05) is 30.4 Å². The molecule has 0 aliphatic carbocycles. The molecule has 4 N–H and O–H groups in total. The maximum Gasteiger partial charge on any atom is 0.488 e. The fourth-order valence-corrected chi connectivity index (χ4v) is 4.62. The van der Waals surface area contributed by atoms with Crippen LogP contribution >= 0.6 is 0 Å². The zero-order chi connectivity index (χ0) is 22.2. The number of nitrogens with zero attached hydrogens (tertiary/aromatic N) is 3. The van der Waals surface area contributed by atoms with Gasteiger partial charge in [0.05, 0.1) is 0 Å². The van der Waals surface area contributed by atoms with Crippen molar-refractivity contribution in [2.24, 2.45) is 0 Å². The summed E-state index contributed by atoms with van der Waals surface area (Å²) in [6.45, 7) is 3.37. The van der Waals surface area contributed by atoms with Gasteiger partial charge in [0.2, 0.25) is 5.95 Å². The van der Waals surface area contributed by atoms with Crippen LogP contribution in [-0.2, 0) is 19.4 Å². The van der Waals surface area contributed by atoms with Crippen molar-refractivity contribution in [3.8, 4) is 0 Å². The van der Waals surface area contributed by atoms with Crippen LogP contribution in [0.3, 0.4) is 0 Å². The summed E-state index contributed by atoms with van der Waals surface area (Å²) in [7, 11) is -1.52. The van der Waals surface area contributed by atoms with Crippen LogP contribution in [0.5, 0.6) is 0 Å². The van der Waals surface area contributed by atoms with E-state index in [2.05, 4.69) is 17.6 Å². The van der Waals surface area contributed by atoms with E-state index in [0.717, 1.165) is 53.4 Å². The Hall–Kier alpha value is -3.17. The molecule has 0 amide bonds. The van der Waals surface area contributed by atoms with Crippen molar-refractivity contribution in [1.82, 2.24) is 9.97 Å². The minimum atomic E-state index is -1.52. The van der Waals surface area contributed by atoms with Crippen molar-refractivity contribution in [3.05, 3.63) is 65.0 Å². The first-order chi connectivity index (χ1) is 15.5. The second-order valence-corrected chi connectivity index (χ2v) is 8.35. The molecule has 9 heteroatoms. The van der Waals surface area contributed by atoms with Crippen molar-refractivity contribution in [1.29, 1.82) is 0 Å². The number of fused-ring (bicyclic) bond motifs is 2. The molecular formula is C23H25BFN5O2. The molecule has 164 valence electrons. The van der Waals surface area contributed by atoms with Gasteiger partial charge in [-0.05, 0) is 61.0 Å². The number of rotatable bonds is 5. The molecule has 0 bridgehead atoms. The van der Waals surface area contributed by atoms with Crippen LogP contribution in [0.2, 0.25) is 0 Å². The average molecular weight is 433 g/mol. The quantitative estimate of drug-likeness (QED) is 0.459. The van der Waals surface area contributed by atoms with Crippen molar-refractivity contribution < 1.29 is 14.4 Å². The van der Waals surface area contributed by atoms with Crippen molar-refractivity contribution >= 4 is 35.9 Å². The smallest absolute Gasteiger partial charge is 0.423 e. The first-order valence-electron chi connectivity index (χ1n) is 10.9. The Balaban J connectivity index is 1.53. The standard InChI is InChI=1S/C23H25BFN5O2/c1-14-11-18-19(24(31)32)8-3-9-20(18)30(14)23-28-21-17(7-4-10-26-21)22(29-23)27-13-15-5-2-6-16(25)12-15/h2-3,5-6,8-9,12,14,31-32H,4,7,10-11,13H2,1H3,(H2,26,27,28,29). The van der Waals surface area contributed by atoms with E-state index >= 15 is 0 Å². The Morgan fingerprint density at radius 2 is 2.03 bits per heavy atom. The van der Waals surface area contributed by atoms with E-state index in [4.69, 9.17) is 9.97 Å². The zero-order valence-electron chi connectivity index (χ0n) is 17.8. The predicted molar refractivity (Wildman–Crippen MR) is 124 cm³/mol. The summed E-state index contributed by atoms with van der Waals surface area (Å²) in [4.78, 5) is 11.7. The third-order valence-corrected chi connectivity index (χ3v) is 6.12. The Bertz CT molecular complexity index is 1160. The van der Waals surface area contributed by atoms with Crippen LogP contribution in [0.15, 0.2) is 42.5 Å². The van der Waals surface area contributed by atoms with E-state index in [0.29, 0.717) is 24.4 Å². The van der Waals surface area contributed by atoms with Crippen LogP contribution in [-0.4, -0.2) is 39.7 Å². The molecule has 2 aliphatic rings. The van der Waals surface area contributed by atoms with Gasteiger partial charge in [0.25, 0.3) is 0 Å². The first kappa shape index (κ1) is 20.7. The Labute approximate surface area is 186 Å². The number of nitrogens with one attached hydrogen (secondary N) is 2. The summed E-state index contributed by atoms with van der Waals surface area (Å²) in [6.07, 6.45) is 2.52. The molecular weight excluding hydrogens is 408 g/mol. The molecule has 0 saturated carbocycles. The fourth-order valence-electron chi connectivity index (χ4n) is 4.62. The SMILES string of the molecule is CC1Cc2c(B(O)O)cccc2N1c1nc2c(c(NCc3cccc(F)c3)n1)CCCN2. The van der Waals surface area contributed by atoms with Crippen molar-refractivity contribution in [2.75, 3.05) is 22.1 Å². The van der Waals surface area contributed by atoms with Crippen LogP contribution in [0.1, 0.15) is 30.0 Å². The van der Waals surface area contributed by atoms with Crippen molar-refractivity contribution in [3.63, 3.8) is 0 Å². The summed E-state index contributed by atoms with van der Waals surface area (Å²) >= 11 is 0. The highest BCUT2D eigenvalue weighted by atomic mass is 19.1. The van der Waals surface area contributed by atoms with E-state index in [1.807, 2.05) is 23.1 Å². The summed E-state index contributed by atoms with van der Waals surface area (Å²) in [6, 6.07) is 12.1. The molecule has 2 aromatic carbocycles. The van der Waals surface area contributed by atoms with Gasteiger partial charge in [0.1, 0.15) is 17.5 Å². The summed E-state index contributed by atoms with van der Waals surface area (Å²) < 4.78 is 13.6. The lowest BCUT2D eigenvalue weighted by Crippen LogP contribution is -2.32. The van der Waals surface area contributed by atoms with E-state index in [1.165, 1.54) is 12.1 Å². The molecule has 32 heavy (non-hydrogen) atoms. The number of benzene rings is 2. The molecule has 2 aliphatic heterocycles. The topological polar surface area (TPSA) is 93.5 Å². The summed E-state index contributed by atoms with van der Waals surface area (Å²) in [5.41, 5.74) is 4.16. The molecule has 1 aromatic heterocycles. The van der Waals surface area contributed by atoms with E-state index in [-0.39, 0.29) is 11.9 Å². The lowest BCUT2D eigenvalue weighted by Gasteiger charge is -2.27. The van der Waals surface area contributed by atoms with Gasteiger partial charge in [0.15, 0.2) is 0 Å². The lowest BCUT2D eigenvalue weighted by atomic mass is 9.76. The van der Waals surface area contributed by atoms with E-state index in [9.17, 15) is 14.4 Å². The van der Waals surface area contributed by atoms with Gasteiger partial charge in [-0.2, -0.15) is 9.97 Å². The number of hydrogen-bond donors (Lipinski definition) is 4. The van der Waals surface area contributed by atoms with Crippen LogP contribution in [0.25, 0.3) is 0 Å². The van der Waals surface area contributed by atoms with E-state index < -0.39 is 7.12 Å². The molecule has 0 spiro atoms. The van der Waals surface area contributed by atoms with Crippen LogP contribution < -0.4 is 21.0 Å². The highest BCUT2D eigenvalue weighted by molar-refractivity contribution is 6.59. The maximum atomic E-state index is 13.6. The van der Waals surface area contributed by atoms with Gasteiger partial charge < -0.3 is 25.6 Å². The fraction of sp³-hybridized carbons (Fsp3) is 0.304. The monoisotopic (exact) mass is 433 g/mol. The normalized spacial score (nSPS) is 16.9. The molecule has 1 atom stereocenters.